The molecule has 1 aliphatic rings. The summed E-state index contributed by atoms with van der Waals surface area (Å²) in [6.45, 7) is 3.58. The van der Waals surface area contributed by atoms with Crippen LogP contribution in [-0.2, 0) is 4.79 Å². The van der Waals surface area contributed by atoms with E-state index in [1.807, 2.05) is 36.1 Å². The summed E-state index contributed by atoms with van der Waals surface area (Å²) in [6.07, 6.45) is 5.51. The first-order chi connectivity index (χ1) is 9.58. The minimum atomic E-state index is 0.0373. The number of nitrogens with two attached hydrogens (primary N) is 1. The van der Waals surface area contributed by atoms with Gasteiger partial charge in [-0.25, -0.2) is 0 Å². The first kappa shape index (κ1) is 15.1. The Bertz CT molecular complexity index is 499. The van der Waals surface area contributed by atoms with Crippen LogP contribution in [0.25, 0.3) is 6.08 Å². The lowest BCUT2D eigenvalue weighted by atomic mass is 9.92. The second-order valence-electron chi connectivity index (χ2n) is 5.40. The predicted octanol–water partition coefficient (Wildman–Crippen LogP) is 2.94. The van der Waals surface area contributed by atoms with Crippen LogP contribution >= 0.6 is 11.6 Å². The number of nitrogens with zero attached hydrogens (tertiary/aromatic N) is 1. The number of hydrogen-bond donors (Lipinski definition) is 1. The standard InChI is InChI=1S/C16H21ClN2O/c1-12(18)14-6-4-10-19(11-14)16(20)9-8-13-5-2-3-7-15(13)17/h2-3,5,7-9,12,14H,4,6,10-11,18H2,1H3/b9-8+. The molecular formula is C16H21ClN2O. The first-order valence-corrected chi connectivity index (χ1v) is 7.43. The Morgan fingerprint density at radius 2 is 2.25 bits per heavy atom. The van der Waals surface area contributed by atoms with Gasteiger partial charge in [0.2, 0.25) is 5.91 Å². The number of halogens is 1. The summed E-state index contributed by atoms with van der Waals surface area (Å²) in [5, 5.41) is 0.656. The summed E-state index contributed by atoms with van der Waals surface area (Å²) in [5.41, 5.74) is 6.81. The summed E-state index contributed by atoms with van der Waals surface area (Å²) >= 11 is 6.07. The van der Waals surface area contributed by atoms with Gasteiger partial charge in [-0.2, -0.15) is 0 Å². The van der Waals surface area contributed by atoms with Crippen molar-refractivity contribution in [2.45, 2.75) is 25.8 Å². The lowest BCUT2D eigenvalue weighted by Crippen LogP contribution is -2.44. The number of likely N-dealkylation sites (tertiary alicyclic amines) is 1. The van der Waals surface area contributed by atoms with Crippen molar-refractivity contribution in [1.29, 1.82) is 0 Å². The van der Waals surface area contributed by atoms with E-state index < -0.39 is 0 Å². The van der Waals surface area contributed by atoms with Crippen molar-refractivity contribution in [2.75, 3.05) is 13.1 Å². The van der Waals surface area contributed by atoms with Crippen LogP contribution < -0.4 is 5.73 Å². The lowest BCUT2D eigenvalue weighted by molar-refractivity contribution is -0.127. The molecule has 1 saturated heterocycles. The molecule has 0 bridgehead atoms. The number of carbonyl (C=O) groups is 1. The van der Waals surface area contributed by atoms with E-state index in [0.717, 1.165) is 31.5 Å². The lowest BCUT2D eigenvalue weighted by Gasteiger charge is -2.34. The van der Waals surface area contributed by atoms with Crippen molar-refractivity contribution in [3.05, 3.63) is 40.9 Å². The van der Waals surface area contributed by atoms with Crippen molar-refractivity contribution in [1.82, 2.24) is 4.90 Å². The second-order valence-corrected chi connectivity index (χ2v) is 5.81. The van der Waals surface area contributed by atoms with Gasteiger partial charge in [-0.15, -0.1) is 0 Å². The number of benzene rings is 1. The van der Waals surface area contributed by atoms with Gasteiger partial charge >= 0.3 is 0 Å². The van der Waals surface area contributed by atoms with Gasteiger partial charge in [-0.1, -0.05) is 29.8 Å². The monoisotopic (exact) mass is 292 g/mol. The van der Waals surface area contributed by atoms with Gasteiger partial charge in [0.15, 0.2) is 0 Å². The molecule has 0 aliphatic carbocycles. The minimum absolute atomic E-state index is 0.0373. The van der Waals surface area contributed by atoms with Crippen LogP contribution in [0.1, 0.15) is 25.3 Å². The molecule has 0 radical (unpaired) electrons. The number of rotatable bonds is 3. The minimum Gasteiger partial charge on any atom is -0.339 e. The number of hydrogen-bond acceptors (Lipinski definition) is 2. The quantitative estimate of drug-likeness (QED) is 0.871. The second kappa shape index (κ2) is 6.91. The molecule has 1 aromatic rings. The van der Waals surface area contributed by atoms with E-state index in [2.05, 4.69) is 0 Å². The molecule has 2 N–H and O–H groups in total. The Hall–Kier alpha value is -1.32. The molecule has 1 aromatic carbocycles. The zero-order valence-corrected chi connectivity index (χ0v) is 12.5. The fourth-order valence-corrected chi connectivity index (χ4v) is 2.71. The van der Waals surface area contributed by atoms with Gasteiger partial charge in [-0.05, 0) is 43.4 Å². The number of piperidine rings is 1. The first-order valence-electron chi connectivity index (χ1n) is 7.05. The Kier molecular flexibility index (Phi) is 5.21. The van der Waals surface area contributed by atoms with E-state index in [4.69, 9.17) is 17.3 Å². The molecule has 0 spiro atoms. The summed E-state index contributed by atoms with van der Waals surface area (Å²) < 4.78 is 0. The van der Waals surface area contributed by atoms with Gasteiger partial charge in [0.25, 0.3) is 0 Å². The summed E-state index contributed by atoms with van der Waals surface area (Å²) in [7, 11) is 0. The molecule has 2 unspecified atom stereocenters. The molecule has 20 heavy (non-hydrogen) atoms. The van der Waals surface area contributed by atoms with Gasteiger partial charge in [0.1, 0.15) is 0 Å². The van der Waals surface area contributed by atoms with E-state index in [-0.39, 0.29) is 11.9 Å². The fraction of sp³-hybridized carbons (Fsp3) is 0.438. The van der Waals surface area contributed by atoms with Gasteiger partial charge in [-0.3, -0.25) is 4.79 Å². The maximum absolute atomic E-state index is 12.2. The zero-order valence-electron chi connectivity index (χ0n) is 11.8. The summed E-state index contributed by atoms with van der Waals surface area (Å²) in [4.78, 5) is 14.1. The van der Waals surface area contributed by atoms with Gasteiger partial charge in [0.05, 0.1) is 0 Å². The molecule has 2 atom stereocenters. The molecular weight excluding hydrogens is 272 g/mol. The molecule has 1 heterocycles. The maximum atomic E-state index is 12.2. The topological polar surface area (TPSA) is 46.3 Å². The van der Waals surface area contributed by atoms with E-state index in [0.29, 0.717) is 10.9 Å². The largest absolute Gasteiger partial charge is 0.339 e. The highest BCUT2D eigenvalue weighted by Crippen LogP contribution is 2.20. The molecule has 1 amide bonds. The maximum Gasteiger partial charge on any atom is 0.246 e. The van der Waals surface area contributed by atoms with E-state index in [9.17, 15) is 4.79 Å². The number of amides is 1. The van der Waals surface area contributed by atoms with Crippen LogP contribution in [0, 0.1) is 5.92 Å². The van der Waals surface area contributed by atoms with Crippen LogP contribution in [0.15, 0.2) is 30.3 Å². The predicted molar refractivity (Wildman–Crippen MR) is 83.4 cm³/mol. The smallest absolute Gasteiger partial charge is 0.246 e. The molecule has 0 saturated carbocycles. The van der Waals surface area contributed by atoms with Gasteiger partial charge < -0.3 is 10.6 Å². The third-order valence-electron chi connectivity index (χ3n) is 3.82. The van der Waals surface area contributed by atoms with E-state index in [1.54, 1.807) is 12.2 Å². The molecule has 4 heteroatoms. The van der Waals surface area contributed by atoms with Crippen LogP contribution in [0.5, 0.6) is 0 Å². The highest BCUT2D eigenvalue weighted by molar-refractivity contribution is 6.32. The Morgan fingerprint density at radius 3 is 2.95 bits per heavy atom. The molecule has 2 rings (SSSR count). The SMILES string of the molecule is CC(N)C1CCCN(C(=O)/C=C/c2ccccc2Cl)C1. The average Bonchev–Trinajstić information content (AvgIpc) is 2.46. The van der Waals surface area contributed by atoms with Crippen LogP contribution in [0.3, 0.4) is 0 Å². The number of carbonyl (C=O) groups excluding carboxylic acids is 1. The van der Waals surface area contributed by atoms with E-state index >= 15 is 0 Å². The molecule has 3 nitrogen and oxygen atoms in total. The van der Waals surface area contributed by atoms with Crippen molar-refractivity contribution < 1.29 is 4.79 Å². The summed E-state index contributed by atoms with van der Waals surface area (Å²) in [6, 6.07) is 7.63. The Balaban J connectivity index is 1.99. The van der Waals surface area contributed by atoms with Crippen molar-refractivity contribution in [2.24, 2.45) is 11.7 Å². The fourth-order valence-electron chi connectivity index (χ4n) is 2.52. The Morgan fingerprint density at radius 1 is 1.50 bits per heavy atom. The highest BCUT2D eigenvalue weighted by Gasteiger charge is 2.24. The van der Waals surface area contributed by atoms with Gasteiger partial charge in [0, 0.05) is 30.2 Å². The zero-order chi connectivity index (χ0) is 14.5. The summed E-state index contributed by atoms with van der Waals surface area (Å²) in [5.74, 6) is 0.441. The average molecular weight is 293 g/mol. The van der Waals surface area contributed by atoms with Crippen LogP contribution in [0.4, 0.5) is 0 Å². The van der Waals surface area contributed by atoms with Crippen molar-refractivity contribution in [3.8, 4) is 0 Å². The van der Waals surface area contributed by atoms with Crippen LogP contribution in [0.2, 0.25) is 5.02 Å². The third kappa shape index (κ3) is 3.84. The Labute approximate surface area is 125 Å². The molecule has 1 aliphatic heterocycles. The van der Waals surface area contributed by atoms with Crippen LogP contribution in [-0.4, -0.2) is 29.9 Å². The van der Waals surface area contributed by atoms with Crippen molar-refractivity contribution in [3.63, 3.8) is 0 Å². The molecule has 0 aromatic heterocycles. The highest BCUT2D eigenvalue weighted by atomic mass is 35.5. The van der Waals surface area contributed by atoms with E-state index in [1.165, 1.54) is 0 Å². The molecule has 1 fully saturated rings. The molecule has 108 valence electrons. The normalized spacial score (nSPS) is 21.1. The third-order valence-corrected chi connectivity index (χ3v) is 4.17. The van der Waals surface area contributed by atoms with Crippen molar-refractivity contribution >= 4 is 23.6 Å².